The van der Waals surface area contributed by atoms with Crippen molar-refractivity contribution in [1.29, 1.82) is 0 Å². The van der Waals surface area contributed by atoms with Gasteiger partial charge in [-0.05, 0) is 54.7 Å². The zero-order chi connectivity index (χ0) is 22.5. The molecule has 0 unspecified atom stereocenters. The Morgan fingerprint density at radius 2 is 1.91 bits per heavy atom. The van der Waals surface area contributed by atoms with E-state index in [1.54, 1.807) is 42.7 Å². The molecule has 0 radical (unpaired) electrons. The van der Waals surface area contributed by atoms with E-state index in [0.29, 0.717) is 23.2 Å². The molecular formula is C25H27ClN4O2. The lowest BCUT2D eigenvalue weighted by Gasteiger charge is -2.21. The van der Waals surface area contributed by atoms with Crippen LogP contribution in [-0.4, -0.2) is 45.0 Å². The molecule has 0 bridgehead atoms. The fraction of sp³-hybridized carbons (Fsp3) is 0.320. The second kappa shape index (κ2) is 10.2. The van der Waals surface area contributed by atoms with Crippen LogP contribution in [0.4, 0.5) is 0 Å². The number of nitrogens with zero attached hydrogens (tertiary/aromatic N) is 3. The van der Waals surface area contributed by atoms with Gasteiger partial charge in [0.2, 0.25) is 0 Å². The van der Waals surface area contributed by atoms with Crippen molar-refractivity contribution in [3.63, 3.8) is 0 Å². The summed E-state index contributed by atoms with van der Waals surface area (Å²) >= 11 is 5.95. The van der Waals surface area contributed by atoms with Crippen LogP contribution in [0.25, 0.3) is 0 Å². The van der Waals surface area contributed by atoms with E-state index < -0.39 is 6.10 Å². The SMILES string of the molecule is CN(Cc1cnccn1)C(=O)c1ccc(C[C@@H]2CC[C@H]([C@H](O)c3ccc(Cl)cc3)N2)cc1. The van der Waals surface area contributed by atoms with Crippen LogP contribution < -0.4 is 5.32 Å². The maximum Gasteiger partial charge on any atom is 0.253 e. The summed E-state index contributed by atoms with van der Waals surface area (Å²) in [4.78, 5) is 22.6. The van der Waals surface area contributed by atoms with E-state index in [1.165, 1.54) is 0 Å². The molecule has 6 nitrogen and oxygen atoms in total. The van der Waals surface area contributed by atoms with Gasteiger partial charge >= 0.3 is 0 Å². The molecule has 2 aromatic carbocycles. The van der Waals surface area contributed by atoms with Gasteiger partial charge in [0, 0.05) is 42.1 Å². The van der Waals surface area contributed by atoms with E-state index in [1.807, 2.05) is 36.4 Å². The number of nitrogens with one attached hydrogen (secondary N) is 1. The van der Waals surface area contributed by atoms with E-state index in [0.717, 1.165) is 36.1 Å². The standard InChI is InChI=1S/C25H27ClN4O2/c1-30(16-22-15-27-12-13-28-22)25(32)19-4-2-17(3-5-19)14-21-10-11-23(29-21)24(31)18-6-8-20(26)9-7-18/h2-9,12-13,15,21,23-24,29,31H,10-11,14,16H2,1H3/t21-,23+,24+/m0/s1. The molecule has 1 saturated heterocycles. The average molecular weight is 451 g/mol. The van der Waals surface area contributed by atoms with Crippen LogP contribution in [0.5, 0.6) is 0 Å². The molecule has 3 atom stereocenters. The third-order valence-corrected chi connectivity index (χ3v) is 6.17. The van der Waals surface area contributed by atoms with Gasteiger partial charge in [0.25, 0.3) is 5.91 Å². The Kier molecular flexibility index (Phi) is 7.15. The molecule has 4 rings (SSSR count). The topological polar surface area (TPSA) is 78.4 Å². The molecule has 0 saturated carbocycles. The normalized spacial score (nSPS) is 19.0. The molecule has 1 amide bonds. The van der Waals surface area contributed by atoms with Crippen molar-refractivity contribution in [2.24, 2.45) is 0 Å². The lowest BCUT2D eigenvalue weighted by atomic mass is 10.0. The Hall–Kier alpha value is -2.80. The van der Waals surface area contributed by atoms with Crippen molar-refractivity contribution in [1.82, 2.24) is 20.2 Å². The van der Waals surface area contributed by atoms with Crippen LogP contribution in [-0.2, 0) is 13.0 Å². The van der Waals surface area contributed by atoms with Gasteiger partial charge in [-0.25, -0.2) is 0 Å². The van der Waals surface area contributed by atoms with Crippen LogP contribution in [0.3, 0.4) is 0 Å². The first-order valence-electron chi connectivity index (χ1n) is 10.8. The van der Waals surface area contributed by atoms with Gasteiger partial charge in [-0.2, -0.15) is 0 Å². The summed E-state index contributed by atoms with van der Waals surface area (Å²) in [6.07, 6.45) is 7.12. The fourth-order valence-electron chi connectivity index (χ4n) is 4.17. The summed E-state index contributed by atoms with van der Waals surface area (Å²) in [7, 11) is 1.76. The van der Waals surface area contributed by atoms with Crippen LogP contribution in [0.2, 0.25) is 5.02 Å². The zero-order valence-corrected chi connectivity index (χ0v) is 18.7. The van der Waals surface area contributed by atoms with Gasteiger partial charge in [0.1, 0.15) is 0 Å². The van der Waals surface area contributed by atoms with E-state index in [-0.39, 0.29) is 11.9 Å². The summed E-state index contributed by atoms with van der Waals surface area (Å²) < 4.78 is 0. The van der Waals surface area contributed by atoms with Gasteiger partial charge in [-0.3, -0.25) is 14.8 Å². The van der Waals surface area contributed by atoms with Crippen LogP contribution in [0, 0.1) is 0 Å². The summed E-state index contributed by atoms with van der Waals surface area (Å²) in [6.45, 7) is 0.414. The summed E-state index contributed by atoms with van der Waals surface area (Å²) in [5, 5.41) is 14.9. The Labute approximate surface area is 193 Å². The molecule has 0 spiro atoms. The lowest BCUT2D eigenvalue weighted by molar-refractivity contribution is 0.0783. The number of carbonyl (C=O) groups excluding carboxylic acids is 1. The number of carbonyl (C=O) groups is 1. The molecule has 1 fully saturated rings. The molecule has 2 N–H and O–H groups in total. The highest BCUT2D eigenvalue weighted by Gasteiger charge is 2.30. The first kappa shape index (κ1) is 22.4. The van der Waals surface area contributed by atoms with E-state index in [9.17, 15) is 9.90 Å². The number of hydrogen-bond acceptors (Lipinski definition) is 5. The van der Waals surface area contributed by atoms with Crippen molar-refractivity contribution in [3.05, 3.63) is 94.5 Å². The summed E-state index contributed by atoms with van der Waals surface area (Å²) in [6, 6.07) is 15.4. The Morgan fingerprint density at radius 1 is 1.16 bits per heavy atom. The van der Waals surface area contributed by atoms with Crippen LogP contribution in [0.15, 0.2) is 67.1 Å². The molecule has 32 heavy (non-hydrogen) atoms. The van der Waals surface area contributed by atoms with Crippen molar-refractivity contribution in [2.45, 2.75) is 44.0 Å². The maximum absolute atomic E-state index is 12.7. The minimum Gasteiger partial charge on any atom is -0.387 e. The van der Waals surface area contributed by atoms with Crippen LogP contribution in [0.1, 0.15) is 46.1 Å². The Bertz CT molecular complexity index is 1030. The van der Waals surface area contributed by atoms with E-state index in [4.69, 9.17) is 11.6 Å². The lowest BCUT2D eigenvalue weighted by Crippen LogP contribution is -2.35. The molecule has 0 aliphatic carbocycles. The van der Waals surface area contributed by atoms with Gasteiger partial charge in [-0.1, -0.05) is 35.9 Å². The molecule has 3 aromatic rings. The Balaban J connectivity index is 1.31. The predicted octanol–water partition coefficient (Wildman–Crippen LogP) is 3.80. The molecule has 166 valence electrons. The second-order valence-electron chi connectivity index (χ2n) is 8.30. The third-order valence-electron chi connectivity index (χ3n) is 5.91. The molecule has 7 heteroatoms. The quantitative estimate of drug-likeness (QED) is 0.572. The maximum atomic E-state index is 12.7. The largest absolute Gasteiger partial charge is 0.387 e. The smallest absolute Gasteiger partial charge is 0.253 e. The summed E-state index contributed by atoms with van der Waals surface area (Å²) in [5.41, 5.74) is 3.44. The minimum absolute atomic E-state index is 0.0248. The number of rotatable bonds is 7. The highest BCUT2D eigenvalue weighted by Crippen LogP contribution is 2.27. The van der Waals surface area contributed by atoms with Crippen molar-refractivity contribution in [2.75, 3.05) is 7.05 Å². The van der Waals surface area contributed by atoms with E-state index in [2.05, 4.69) is 15.3 Å². The van der Waals surface area contributed by atoms with Gasteiger partial charge in [0.05, 0.1) is 24.5 Å². The third kappa shape index (κ3) is 5.51. The van der Waals surface area contributed by atoms with Crippen molar-refractivity contribution in [3.8, 4) is 0 Å². The number of amides is 1. The fourth-order valence-corrected chi connectivity index (χ4v) is 4.29. The van der Waals surface area contributed by atoms with Gasteiger partial charge < -0.3 is 15.3 Å². The van der Waals surface area contributed by atoms with Crippen LogP contribution >= 0.6 is 11.6 Å². The molecule has 1 aromatic heterocycles. The van der Waals surface area contributed by atoms with Gasteiger partial charge in [-0.15, -0.1) is 0 Å². The highest BCUT2D eigenvalue weighted by atomic mass is 35.5. The van der Waals surface area contributed by atoms with Gasteiger partial charge in [0.15, 0.2) is 0 Å². The second-order valence-corrected chi connectivity index (χ2v) is 8.74. The highest BCUT2D eigenvalue weighted by molar-refractivity contribution is 6.30. The molecule has 1 aliphatic heterocycles. The zero-order valence-electron chi connectivity index (χ0n) is 18.0. The first-order chi connectivity index (χ1) is 15.5. The predicted molar refractivity (Wildman–Crippen MR) is 124 cm³/mol. The number of halogens is 1. The molecule has 1 aliphatic rings. The Morgan fingerprint density at radius 3 is 2.59 bits per heavy atom. The average Bonchev–Trinajstić information content (AvgIpc) is 3.28. The molecular weight excluding hydrogens is 424 g/mol. The first-order valence-corrected chi connectivity index (χ1v) is 11.2. The number of aliphatic hydroxyl groups excluding tert-OH is 1. The van der Waals surface area contributed by atoms with Crippen molar-refractivity contribution < 1.29 is 9.90 Å². The monoisotopic (exact) mass is 450 g/mol. The number of aliphatic hydroxyl groups is 1. The number of benzene rings is 2. The molecule has 2 heterocycles. The number of hydrogen-bond donors (Lipinski definition) is 2. The number of aromatic nitrogens is 2. The summed E-state index contributed by atoms with van der Waals surface area (Å²) in [5.74, 6) is -0.0488. The minimum atomic E-state index is -0.554. The van der Waals surface area contributed by atoms with Crippen molar-refractivity contribution >= 4 is 17.5 Å². The van der Waals surface area contributed by atoms with E-state index >= 15 is 0 Å².